The predicted octanol–water partition coefficient (Wildman–Crippen LogP) is 2.81. The number of hydrogen-bond donors (Lipinski definition) is 1. The Bertz CT molecular complexity index is 1020. The molecule has 0 fully saturated rings. The Morgan fingerprint density at radius 3 is 2.85 bits per heavy atom. The molecule has 0 aliphatic carbocycles. The van der Waals surface area contributed by atoms with Crippen LogP contribution in [-0.2, 0) is 20.0 Å². The molecule has 0 saturated heterocycles. The van der Waals surface area contributed by atoms with Gasteiger partial charge in [-0.15, -0.1) is 0 Å². The molecule has 27 heavy (non-hydrogen) atoms. The normalized spacial score (nSPS) is 13.9. The van der Waals surface area contributed by atoms with Crippen LogP contribution in [0.15, 0.2) is 53.7 Å². The van der Waals surface area contributed by atoms with Gasteiger partial charge >= 0.3 is 0 Å². The molecule has 0 amide bonds. The summed E-state index contributed by atoms with van der Waals surface area (Å²) in [5, 5.41) is 7.37. The van der Waals surface area contributed by atoms with Crippen LogP contribution in [0.1, 0.15) is 29.6 Å². The van der Waals surface area contributed by atoms with Gasteiger partial charge in [0.15, 0.2) is 0 Å². The lowest BCUT2D eigenvalue weighted by Crippen LogP contribution is -2.30. The minimum absolute atomic E-state index is 0.0911. The van der Waals surface area contributed by atoms with Crippen molar-refractivity contribution in [2.24, 2.45) is 7.05 Å². The number of allylic oxidation sites excluding steroid dienone is 2. The van der Waals surface area contributed by atoms with Crippen molar-refractivity contribution in [1.82, 2.24) is 19.4 Å². The molecule has 0 aromatic carbocycles. The Kier molecular flexibility index (Phi) is 5.16. The predicted molar refractivity (Wildman–Crippen MR) is 108 cm³/mol. The first-order valence-electron chi connectivity index (χ1n) is 8.73. The lowest BCUT2D eigenvalue weighted by Gasteiger charge is -2.32. The van der Waals surface area contributed by atoms with Gasteiger partial charge in [-0.25, -0.2) is 4.98 Å². The van der Waals surface area contributed by atoms with E-state index in [1.165, 1.54) is 23.0 Å². The molecule has 1 N–H and O–H groups in total. The topological polar surface area (TPSA) is 74.9 Å². The van der Waals surface area contributed by atoms with Gasteiger partial charge in [-0.3, -0.25) is 14.3 Å². The van der Waals surface area contributed by atoms with E-state index in [1.54, 1.807) is 13.2 Å². The van der Waals surface area contributed by atoms with Gasteiger partial charge in [-0.2, -0.15) is 0 Å². The van der Waals surface area contributed by atoms with Gasteiger partial charge in [-0.05, 0) is 35.8 Å². The van der Waals surface area contributed by atoms with Crippen molar-refractivity contribution in [3.05, 3.63) is 82.0 Å². The van der Waals surface area contributed by atoms with E-state index in [0.29, 0.717) is 17.9 Å². The van der Waals surface area contributed by atoms with Crippen LogP contribution in [0.5, 0.6) is 0 Å². The van der Waals surface area contributed by atoms with Gasteiger partial charge in [0.25, 0.3) is 5.56 Å². The number of fused-ring (bicyclic) bond motifs is 1. The molecule has 0 unspecified atom stereocenters. The third-order valence-corrected chi connectivity index (χ3v) is 4.87. The molecule has 0 bridgehead atoms. The molecule has 3 rings (SSSR count). The van der Waals surface area contributed by atoms with Crippen molar-refractivity contribution in [3.63, 3.8) is 0 Å². The highest BCUT2D eigenvalue weighted by Crippen LogP contribution is 2.25. The summed E-state index contributed by atoms with van der Waals surface area (Å²) in [5.74, 6) is 0.602. The molecule has 1 aliphatic rings. The summed E-state index contributed by atoms with van der Waals surface area (Å²) in [6.07, 6.45) is 7.26. The Balaban J connectivity index is 1.83. The summed E-state index contributed by atoms with van der Waals surface area (Å²) < 4.78 is 1.52. The molecular formula is C21H23N5O. The van der Waals surface area contributed by atoms with E-state index in [-0.39, 0.29) is 5.56 Å². The number of rotatable bonds is 5. The molecule has 6 nitrogen and oxygen atoms in total. The van der Waals surface area contributed by atoms with E-state index >= 15 is 0 Å². The maximum Gasteiger partial charge on any atom is 0.253 e. The Hall–Kier alpha value is -3.28. The first-order chi connectivity index (χ1) is 12.9. The fraction of sp³-hybridized carbons (Fsp3) is 0.238. The Morgan fingerprint density at radius 2 is 2.11 bits per heavy atom. The average Bonchev–Trinajstić information content (AvgIpc) is 2.69. The standard InChI is InChI=1S/C21H23N5O/c1-14(9-20-23-7-5-21(27)25(20)4)16(3)26-8-6-19-18(13-26)10-17(12-24-19)15(2)11-22/h5,7,9-12,22H,2-3,6,8,13H2,1,4H3/b14-9-,22-11?. The van der Waals surface area contributed by atoms with Gasteiger partial charge in [0.1, 0.15) is 5.82 Å². The number of nitrogens with zero attached hydrogens (tertiary/aromatic N) is 4. The SMILES string of the molecule is C=C(C=N)c1cnc2c(c1)CN(C(=C)/C(C)=C\c1nccc(=O)n1C)CC2. The molecule has 3 heterocycles. The van der Waals surface area contributed by atoms with Crippen molar-refractivity contribution in [2.45, 2.75) is 19.9 Å². The van der Waals surface area contributed by atoms with Gasteiger partial charge < -0.3 is 10.3 Å². The van der Waals surface area contributed by atoms with Crippen molar-refractivity contribution >= 4 is 17.9 Å². The van der Waals surface area contributed by atoms with E-state index < -0.39 is 0 Å². The molecule has 0 radical (unpaired) electrons. The maximum absolute atomic E-state index is 11.8. The van der Waals surface area contributed by atoms with Crippen LogP contribution in [0, 0.1) is 5.41 Å². The lowest BCUT2D eigenvalue weighted by atomic mass is 10.00. The van der Waals surface area contributed by atoms with Crippen LogP contribution in [0.3, 0.4) is 0 Å². The van der Waals surface area contributed by atoms with Gasteiger partial charge in [0, 0.05) is 68.2 Å². The Labute approximate surface area is 158 Å². The summed E-state index contributed by atoms with van der Waals surface area (Å²) >= 11 is 0. The van der Waals surface area contributed by atoms with Crippen LogP contribution in [0.4, 0.5) is 0 Å². The van der Waals surface area contributed by atoms with Gasteiger partial charge in [-0.1, -0.05) is 13.2 Å². The zero-order chi connectivity index (χ0) is 19.6. The van der Waals surface area contributed by atoms with Crippen LogP contribution in [0.2, 0.25) is 0 Å². The molecule has 0 atom stereocenters. The second-order valence-electron chi connectivity index (χ2n) is 6.65. The highest BCUT2D eigenvalue weighted by molar-refractivity contribution is 6.07. The molecule has 6 heteroatoms. The van der Waals surface area contributed by atoms with E-state index in [0.717, 1.165) is 41.1 Å². The van der Waals surface area contributed by atoms with Gasteiger partial charge in [0.2, 0.25) is 0 Å². The molecule has 0 spiro atoms. The first kappa shape index (κ1) is 18.5. The van der Waals surface area contributed by atoms with E-state index in [9.17, 15) is 4.79 Å². The van der Waals surface area contributed by atoms with Crippen LogP contribution >= 0.6 is 0 Å². The average molecular weight is 361 g/mol. The first-order valence-corrected chi connectivity index (χ1v) is 8.73. The second kappa shape index (κ2) is 7.53. The third-order valence-electron chi connectivity index (χ3n) is 4.87. The molecule has 0 saturated carbocycles. The fourth-order valence-corrected chi connectivity index (χ4v) is 3.06. The highest BCUT2D eigenvalue weighted by Gasteiger charge is 2.20. The van der Waals surface area contributed by atoms with Crippen LogP contribution in [-0.4, -0.2) is 32.2 Å². The largest absolute Gasteiger partial charge is 0.367 e. The van der Waals surface area contributed by atoms with Crippen LogP contribution < -0.4 is 5.56 Å². The second-order valence-corrected chi connectivity index (χ2v) is 6.65. The monoisotopic (exact) mass is 361 g/mol. The molecular weight excluding hydrogens is 338 g/mol. The number of hydrogen-bond acceptors (Lipinski definition) is 5. The maximum atomic E-state index is 11.8. The lowest BCUT2D eigenvalue weighted by molar-refractivity contribution is 0.326. The van der Waals surface area contributed by atoms with Crippen molar-refractivity contribution < 1.29 is 0 Å². The molecule has 2 aromatic rings. The van der Waals surface area contributed by atoms with E-state index in [2.05, 4.69) is 34.1 Å². The number of nitrogens with one attached hydrogen (secondary N) is 1. The smallest absolute Gasteiger partial charge is 0.253 e. The van der Waals surface area contributed by atoms with Crippen molar-refractivity contribution in [1.29, 1.82) is 5.41 Å². The molecule has 2 aromatic heterocycles. The number of pyridine rings is 1. The summed E-state index contributed by atoms with van der Waals surface area (Å²) in [6, 6.07) is 3.49. The van der Waals surface area contributed by atoms with Gasteiger partial charge in [0.05, 0.1) is 0 Å². The molecule has 1 aliphatic heterocycles. The zero-order valence-electron chi connectivity index (χ0n) is 15.7. The summed E-state index contributed by atoms with van der Waals surface area (Å²) in [7, 11) is 1.71. The van der Waals surface area contributed by atoms with Crippen LogP contribution in [0.25, 0.3) is 11.6 Å². The Morgan fingerprint density at radius 1 is 1.33 bits per heavy atom. The summed E-state index contributed by atoms with van der Waals surface area (Å²) in [4.78, 5) is 22.8. The minimum Gasteiger partial charge on any atom is -0.367 e. The quantitative estimate of drug-likeness (QED) is 0.656. The minimum atomic E-state index is -0.0911. The van der Waals surface area contributed by atoms with Crippen molar-refractivity contribution in [2.75, 3.05) is 6.54 Å². The summed E-state index contributed by atoms with van der Waals surface area (Å²) in [5.41, 5.74) is 5.48. The third kappa shape index (κ3) is 3.79. The molecule has 138 valence electrons. The zero-order valence-corrected chi connectivity index (χ0v) is 15.7. The summed E-state index contributed by atoms with van der Waals surface area (Å²) in [6.45, 7) is 11.6. The van der Waals surface area contributed by atoms with E-state index in [4.69, 9.17) is 5.41 Å². The van der Waals surface area contributed by atoms with E-state index in [1.807, 2.05) is 13.0 Å². The number of aromatic nitrogens is 3. The highest BCUT2D eigenvalue weighted by atomic mass is 16.1. The fourth-order valence-electron chi connectivity index (χ4n) is 3.06. The van der Waals surface area contributed by atoms with Crippen molar-refractivity contribution in [3.8, 4) is 0 Å².